The van der Waals surface area contributed by atoms with Gasteiger partial charge in [0.2, 0.25) is 29.5 Å². The minimum atomic E-state index is -0.753. The fourth-order valence-corrected chi connectivity index (χ4v) is 5.09. The molecule has 304 valence electrons. The zero-order valence-corrected chi connectivity index (χ0v) is 32.3. The number of nitrogens with two attached hydrogens (primary N) is 1. The summed E-state index contributed by atoms with van der Waals surface area (Å²) >= 11 is 0. The van der Waals surface area contributed by atoms with Gasteiger partial charge in [0.05, 0.1) is 51.3 Å². The van der Waals surface area contributed by atoms with Gasteiger partial charge in [-0.05, 0) is 25.8 Å². The third kappa shape index (κ3) is 14.5. The van der Waals surface area contributed by atoms with Gasteiger partial charge in [0.1, 0.15) is 17.1 Å². The van der Waals surface area contributed by atoms with Crippen molar-refractivity contribution in [3.05, 3.63) is 35.7 Å². The van der Waals surface area contributed by atoms with Gasteiger partial charge in [-0.3, -0.25) is 52.4 Å². The van der Waals surface area contributed by atoms with Crippen molar-refractivity contribution in [3.63, 3.8) is 0 Å². The third-order valence-electron chi connectivity index (χ3n) is 8.32. The Morgan fingerprint density at radius 2 is 0.964 bits per heavy atom. The van der Waals surface area contributed by atoms with E-state index in [1.54, 1.807) is 6.20 Å². The van der Waals surface area contributed by atoms with Crippen molar-refractivity contribution in [2.75, 3.05) is 66.5 Å². The monoisotopic (exact) mass is 783 g/mol. The average molecular weight is 784 g/mol. The number of likely N-dealkylation sites (N-methyl/N-ethyl adjacent to an activating group) is 2. The van der Waals surface area contributed by atoms with E-state index in [1.165, 1.54) is 76.0 Å². The van der Waals surface area contributed by atoms with Crippen LogP contribution in [0.3, 0.4) is 0 Å². The Morgan fingerprint density at radius 3 is 1.36 bits per heavy atom. The Bertz CT molecular complexity index is 1870. The maximum atomic E-state index is 13.5. The van der Waals surface area contributed by atoms with Gasteiger partial charge in [-0.1, -0.05) is 15.6 Å². The highest BCUT2D eigenvalue weighted by molar-refractivity contribution is 5.93. The first-order valence-electron chi connectivity index (χ1n) is 17.8. The van der Waals surface area contributed by atoms with Crippen LogP contribution in [-0.2, 0) is 43.6 Å². The molecule has 3 N–H and O–H groups in total. The Balaban J connectivity index is 1.57. The largest absolute Gasteiger partial charge is 0.368 e. The average Bonchev–Trinajstić information content (AvgIpc) is 3.92. The molecule has 3 aromatic rings. The third-order valence-corrected chi connectivity index (χ3v) is 8.32. The molecule has 3 rings (SSSR count). The van der Waals surface area contributed by atoms with Gasteiger partial charge in [-0.25, -0.2) is 0 Å². The fraction of sp³-hybridized carbons (Fsp3) is 0.576. The van der Waals surface area contributed by atoms with Crippen molar-refractivity contribution in [3.8, 4) is 0 Å². The molecule has 0 saturated heterocycles. The number of ketones is 3. The lowest BCUT2D eigenvalue weighted by Gasteiger charge is -2.28. The molecule has 0 aliphatic heterocycles. The van der Waals surface area contributed by atoms with Crippen molar-refractivity contribution in [1.82, 2.24) is 69.9 Å². The zero-order valence-electron chi connectivity index (χ0n) is 32.3. The predicted octanol–water partition coefficient (Wildman–Crippen LogP) is -2.71. The molecule has 5 amide bonds. The van der Waals surface area contributed by atoms with Gasteiger partial charge < -0.3 is 30.7 Å². The Labute approximate surface area is 322 Å². The number of primary amides is 1. The van der Waals surface area contributed by atoms with E-state index < -0.39 is 43.3 Å². The number of rotatable bonds is 25. The van der Waals surface area contributed by atoms with E-state index in [1.807, 2.05) is 0 Å². The minimum absolute atomic E-state index is 0.0610. The number of aryl methyl sites for hydroxylation is 3. The molecular formula is C33H49N15O8. The normalized spacial score (nSPS) is 10.9. The molecule has 0 aliphatic rings. The van der Waals surface area contributed by atoms with Crippen LogP contribution >= 0.6 is 0 Å². The summed E-state index contributed by atoms with van der Waals surface area (Å²) in [5.41, 5.74) is 6.02. The van der Waals surface area contributed by atoms with E-state index in [0.29, 0.717) is 38.9 Å². The standard InChI is InChI=1S/C33H49N15O8/c1-23(49)26-16-46(39-36-26)12-6-9-35-15-30(53)42(4)20-33(56)45(11-8-14-48-18-28(25(3)51)38-41-48)22-31(54)43(5)21-32(55)44(19-29(34)52)10-7-13-47-17-27(24(2)50)37-40-47/h16-18,35H,6-15,19-22H2,1-5H3,(H2,34,52). The van der Waals surface area contributed by atoms with Gasteiger partial charge in [0, 0.05) is 67.6 Å². The van der Waals surface area contributed by atoms with Crippen molar-refractivity contribution in [2.24, 2.45) is 5.73 Å². The lowest BCUT2D eigenvalue weighted by atomic mass is 10.3. The SMILES string of the molecule is CC(=O)c1cn(CCCNCC(=O)N(C)CC(=O)N(CCCn2cc(C(C)=O)nn2)CC(=O)N(C)CC(=O)N(CCCn2cc(C(C)=O)nn2)CC(N)=O)nn1. The zero-order chi connectivity index (χ0) is 41.4. The van der Waals surface area contributed by atoms with Crippen LogP contribution in [0.2, 0.25) is 0 Å². The van der Waals surface area contributed by atoms with Crippen molar-refractivity contribution >= 4 is 46.9 Å². The van der Waals surface area contributed by atoms with Crippen molar-refractivity contribution < 1.29 is 38.4 Å². The van der Waals surface area contributed by atoms with Gasteiger partial charge in [0.15, 0.2) is 17.3 Å². The lowest BCUT2D eigenvalue weighted by molar-refractivity contribution is -0.145. The molecule has 0 spiro atoms. The molecule has 0 radical (unpaired) electrons. The number of hydrogen-bond acceptors (Lipinski definition) is 15. The number of nitrogens with zero attached hydrogens (tertiary/aromatic N) is 13. The van der Waals surface area contributed by atoms with E-state index in [2.05, 4.69) is 36.3 Å². The molecule has 0 fully saturated rings. The molecular weight excluding hydrogens is 734 g/mol. The Morgan fingerprint density at radius 1 is 0.571 bits per heavy atom. The summed E-state index contributed by atoms with van der Waals surface area (Å²) in [4.78, 5) is 104. The number of hydrogen-bond donors (Lipinski definition) is 2. The lowest BCUT2D eigenvalue weighted by Crippen LogP contribution is -2.49. The van der Waals surface area contributed by atoms with Crippen LogP contribution in [0.1, 0.15) is 71.5 Å². The second kappa shape index (κ2) is 21.6. The number of Topliss-reactive ketones (excluding diaryl/α,β-unsaturated/α-hetero) is 3. The molecule has 56 heavy (non-hydrogen) atoms. The quantitative estimate of drug-likeness (QED) is 0.0653. The van der Waals surface area contributed by atoms with Gasteiger partial charge in [-0.2, -0.15) is 0 Å². The van der Waals surface area contributed by atoms with E-state index in [4.69, 9.17) is 5.73 Å². The van der Waals surface area contributed by atoms with Gasteiger partial charge >= 0.3 is 0 Å². The smallest absolute Gasteiger partial charge is 0.242 e. The van der Waals surface area contributed by atoms with Crippen LogP contribution in [0.4, 0.5) is 0 Å². The summed E-state index contributed by atoms with van der Waals surface area (Å²) in [6, 6.07) is 0. The molecule has 0 bridgehead atoms. The second-order valence-corrected chi connectivity index (χ2v) is 13.1. The Kier molecular flexibility index (Phi) is 17.0. The second-order valence-electron chi connectivity index (χ2n) is 13.1. The van der Waals surface area contributed by atoms with Crippen molar-refractivity contribution in [2.45, 2.75) is 59.7 Å². The highest BCUT2D eigenvalue weighted by Gasteiger charge is 2.25. The van der Waals surface area contributed by atoms with Crippen LogP contribution in [0, 0.1) is 0 Å². The molecule has 0 aliphatic carbocycles. The number of carbonyl (C=O) groups excluding carboxylic acids is 8. The minimum Gasteiger partial charge on any atom is -0.368 e. The van der Waals surface area contributed by atoms with Crippen LogP contribution in [0.25, 0.3) is 0 Å². The first-order valence-corrected chi connectivity index (χ1v) is 17.8. The summed E-state index contributed by atoms with van der Waals surface area (Å²) in [7, 11) is 2.84. The van der Waals surface area contributed by atoms with Crippen molar-refractivity contribution in [1.29, 1.82) is 0 Å². The number of nitrogens with one attached hydrogen (secondary N) is 1. The molecule has 3 heterocycles. The summed E-state index contributed by atoms with van der Waals surface area (Å²) in [5, 5.41) is 26.0. The first-order chi connectivity index (χ1) is 26.5. The molecule has 23 nitrogen and oxygen atoms in total. The van der Waals surface area contributed by atoms with Crippen LogP contribution < -0.4 is 11.1 Å². The molecule has 0 aromatic carbocycles. The molecule has 0 unspecified atom stereocenters. The summed E-state index contributed by atoms with van der Waals surface area (Å²) in [6.45, 7) is 4.12. The Hall–Kier alpha value is -6.26. The van der Waals surface area contributed by atoms with E-state index in [-0.39, 0.29) is 73.1 Å². The summed E-state index contributed by atoms with van der Waals surface area (Å²) in [5.74, 6) is -3.49. The first kappa shape index (κ1) is 44.1. The van der Waals surface area contributed by atoms with Crippen LogP contribution in [0.5, 0.6) is 0 Å². The number of amides is 5. The topological polar surface area (TPSA) is 280 Å². The van der Waals surface area contributed by atoms with E-state index in [0.717, 1.165) is 4.90 Å². The van der Waals surface area contributed by atoms with E-state index in [9.17, 15) is 38.4 Å². The molecule has 0 atom stereocenters. The van der Waals surface area contributed by atoms with Gasteiger partial charge in [-0.15, -0.1) is 15.3 Å². The van der Waals surface area contributed by atoms with Gasteiger partial charge in [0.25, 0.3) is 0 Å². The summed E-state index contributed by atoms with van der Waals surface area (Å²) in [6.07, 6.45) is 5.74. The summed E-state index contributed by atoms with van der Waals surface area (Å²) < 4.78 is 4.41. The molecule has 3 aromatic heterocycles. The van der Waals surface area contributed by atoms with Crippen LogP contribution in [0.15, 0.2) is 18.6 Å². The van der Waals surface area contributed by atoms with E-state index >= 15 is 0 Å². The number of carbonyl (C=O) groups is 8. The molecule has 23 heteroatoms. The fourth-order valence-electron chi connectivity index (χ4n) is 5.09. The predicted molar refractivity (Wildman–Crippen MR) is 194 cm³/mol. The molecule has 0 saturated carbocycles. The number of aromatic nitrogens is 9. The highest BCUT2D eigenvalue weighted by atomic mass is 16.2. The maximum absolute atomic E-state index is 13.5. The maximum Gasteiger partial charge on any atom is 0.242 e. The van der Waals surface area contributed by atoms with Crippen LogP contribution in [-0.4, -0.2) is 178 Å². The highest BCUT2D eigenvalue weighted by Crippen LogP contribution is 2.04.